The van der Waals surface area contributed by atoms with Crippen LogP contribution in [0.3, 0.4) is 0 Å². The van der Waals surface area contributed by atoms with Crippen LogP contribution in [0.2, 0.25) is 0 Å². The monoisotopic (exact) mass is 311 g/mol. The van der Waals surface area contributed by atoms with Crippen LogP contribution in [-0.4, -0.2) is 44.2 Å². The molecule has 0 bridgehead atoms. The molecule has 17 heteroatoms. The van der Waals surface area contributed by atoms with Gasteiger partial charge in [0.15, 0.2) is 19.8 Å². The molecule has 0 aromatic carbocycles. The molecule has 0 rings (SSSR count). The van der Waals surface area contributed by atoms with Crippen LogP contribution in [0, 0.1) is 40.5 Å². The Balaban J connectivity index is 4.86. The van der Waals surface area contributed by atoms with Gasteiger partial charge >= 0.3 is 17.8 Å². The van der Waals surface area contributed by atoms with Crippen molar-refractivity contribution in [2.45, 2.75) is 5.79 Å². The van der Waals surface area contributed by atoms with Crippen LogP contribution >= 0.6 is 0 Å². The molecule has 21 heavy (non-hydrogen) atoms. The summed E-state index contributed by atoms with van der Waals surface area (Å²) in [6, 6.07) is -3.34. The molecule has 0 aliphatic rings. The van der Waals surface area contributed by atoms with Crippen LogP contribution in [0.1, 0.15) is 0 Å². The maximum atomic E-state index is 11.0. The molecule has 0 heterocycles. The van der Waals surface area contributed by atoms with Gasteiger partial charge in [0.05, 0.1) is 0 Å². The molecule has 0 spiro atoms. The summed E-state index contributed by atoms with van der Waals surface area (Å²) in [4.78, 5) is 57.3. The number of nitrogens with zero attached hydrogens (tertiary/aromatic N) is 4. The Bertz CT molecular complexity index is 477. The Morgan fingerprint density at radius 1 is 0.857 bits per heavy atom. The zero-order chi connectivity index (χ0) is 16.8. The van der Waals surface area contributed by atoms with E-state index in [0.29, 0.717) is 0 Å². The Kier molecular flexibility index (Phi) is 5.36. The summed E-state index contributed by atoms with van der Waals surface area (Å²) in [5.41, 5.74) is 0.949. The number of carbonyl (C=O) groups is 2. The molecule has 0 atom stereocenters. The summed E-state index contributed by atoms with van der Waals surface area (Å²) in [7, 11) is 0. The van der Waals surface area contributed by atoms with Gasteiger partial charge in [0, 0.05) is 0 Å². The van der Waals surface area contributed by atoms with Crippen molar-refractivity contribution < 1.29 is 29.4 Å². The second-order valence-electron chi connectivity index (χ2n) is 3.05. The van der Waals surface area contributed by atoms with Crippen molar-refractivity contribution in [3.8, 4) is 0 Å². The fourth-order valence-electron chi connectivity index (χ4n) is 0.851. The van der Waals surface area contributed by atoms with Crippen molar-refractivity contribution in [1.82, 2.24) is 16.1 Å². The molecule has 4 amide bonds. The van der Waals surface area contributed by atoms with E-state index in [1.54, 1.807) is 0 Å². The number of rotatable bonds is 6. The van der Waals surface area contributed by atoms with E-state index in [9.17, 15) is 50.0 Å². The first kappa shape index (κ1) is 17.3. The molecule has 0 aromatic heterocycles. The lowest BCUT2D eigenvalue weighted by Gasteiger charge is -2.09. The van der Waals surface area contributed by atoms with Crippen molar-refractivity contribution in [1.29, 1.82) is 0 Å². The van der Waals surface area contributed by atoms with E-state index in [0.717, 1.165) is 5.43 Å². The normalized spacial score (nSPS) is 10.1. The number of nitro groups is 4. The van der Waals surface area contributed by atoms with Gasteiger partial charge in [0.1, 0.15) is 0 Å². The second kappa shape index (κ2) is 6.49. The van der Waals surface area contributed by atoms with Crippen LogP contribution < -0.4 is 16.1 Å². The summed E-state index contributed by atoms with van der Waals surface area (Å²) in [5, 5.41) is 42.4. The molecule has 3 N–H and O–H groups in total. The first-order chi connectivity index (χ1) is 9.53. The highest BCUT2D eigenvalue weighted by atomic mass is 16.7. The summed E-state index contributed by atoms with van der Waals surface area (Å²) < 4.78 is 0. The van der Waals surface area contributed by atoms with Crippen molar-refractivity contribution in [3.05, 3.63) is 40.5 Å². The lowest BCUT2D eigenvalue weighted by Crippen LogP contribution is -2.61. The molecular formula is C4H5N7O10. The van der Waals surface area contributed by atoms with Crippen molar-refractivity contribution in [3.63, 3.8) is 0 Å². The summed E-state index contributed by atoms with van der Waals surface area (Å²) in [6.45, 7) is -1.71. The van der Waals surface area contributed by atoms with Gasteiger partial charge in [-0.3, -0.25) is 35.7 Å². The Morgan fingerprint density at radius 3 is 1.62 bits per heavy atom. The third kappa shape index (κ3) is 4.18. The summed E-state index contributed by atoms with van der Waals surface area (Å²) in [5.74, 6) is -3.96. The number of urea groups is 2. The van der Waals surface area contributed by atoms with E-state index >= 15 is 0 Å². The Labute approximate surface area is 111 Å². The van der Waals surface area contributed by atoms with E-state index < -0.39 is 44.2 Å². The maximum absolute atomic E-state index is 11.0. The fraction of sp³-hybridized carbons (Fsp3) is 0.500. The van der Waals surface area contributed by atoms with Gasteiger partial charge in [0.2, 0.25) is 6.54 Å². The third-order valence-electron chi connectivity index (χ3n) is 1.78. The first-order valence-corrected chi connectivity index (χ1v) is 4.47. The highest BCUT2D eigenvalue weighted by Gasteiger charge is 2.70. The number of imide groups is 1. The summed E-state index contributed by atoms with van der Waals surface area (Å²) >= 11 is 0. The van der Waals surface area contributed by atoms with E-state index in [2.05, 4.69) is 0 Å². The zero-order valence-electron chi connectivity index (χ0n) is 9.58. The predicted molar refractivity (Wildman–Crippen MR) is 55.8 cm³/mol. The predicted octanol–water partition coefficient (Wildman–Crippen LogP) is -2.33. The van der Waals surface area contributed by atoms with E-state index in [1.807, 2.05) is 0 Å². The van der Waals surface area contributed by atoms with E-state index in [4.69, 9.17) is 0 Å². The molecule has 0 unspecified atom stereocenters. The van der Waals surface area contributed by atoms with Crippen LogP contribution in [0.25, 0.3) is 0 Å². The highest BCUT2D eigenvalue weighted by Crippen LogP contribution is 2.10. The van der Waals surface area contributed by atoms with Crippen LogP contribution in [-0.2, 0) is 0 Å². The van der Waals surface area contributed by atoms with E-state index in [1.165, 1.54) is 10.6 Å². The van der Waals surface area contributed by atoms with Gasteiger partial charge < -0.3 is 5.32 Å². The van der Waals surface area contributed by atoms with Crippen LogP contribution in [0.5, 0.6) is 0 Å². The number of nitrogens with one attached hydrogen (secondary N) is 3. The summed E-state index contributed by atoms with van der Waals surface area (Å²) in [6.07, 6.45) is 0. The highest BCUT2D eigenvalue weighted by molar-refractivity contribution is 5.92. The number of hydrogen-bond acceptors (Lipinski definition) is 10. The lowest BCUT2D eigenvalue weighted by molar-refractivity contribution is -0.966. The number of amides is 4. The SMILES string of the molecule is O=C(NCC([N+](=O)[O-])([N+](=O)[O-])[N+](=O)[O-])NC(=O)N[N+](=O)[O-]. The molecule has 116 valence electrons. The molecule has 0 aromatic rings. The Hall–Kier alpha value is -3.66. The molecule has 0 saturated heterocycles. The van der Waals surface area contributed by atoms with E-state index in [-0.39, 0.29) is 0 Å². The molecule has 0 aliphatic heterocycles. The molecule has 0 fully saturated rings. The fourth-order valence-corrected chi connectivity index (χ4v) is 0.851. The largest absolute Gasteiger partial charge is 0.717 e. The quantitative estimate of drug-likeness (QED) is 0.268. The zero-order valence-corrected chi connectivity index (χ0v) is 9.58. The number of hydrogen-bond donors (Lipinski definition) is 3. The van der Waals surface area contributed by atoms with Gasteiger partial charge in [-0.25, -0.2) is 19.7 Å². The van der Waals surface area contributed by atoms with Crippen LogP contribution in [0.4, 0.5) is 9.59 Å². The Morgan fingerprint density at radius 2 is 1.29 bits per heavy atom. The third-order valence-corrected chi connectivity index (χ3v) is 1.78. The van der Waals surface area contributed by atoms with Crippen LogP contribution in [0.15, 0.2) is 0 Å². The van der Waals surface area contributed by atoms with Gasteiger partial charge in [0.25, 0.3) is 0 Å². The smallest absolute Gasteiger partial charge is 0.316 e. The van der Waals surface area contributed by atoms with Gasteiger partial charge in [-0.05, 0) is 0 Å². The van der Waals surface area contributed by atoms with Gasteiger partial charge in [-0.15, -0.1) is 0 Å². The average Bonchev–Trinajstić information content (AvgIpc) is 2.26. The molecule has 0 aliphatic carbocycles. The molecule has 17 nitrogen and oxygen atoms in total. The first-order valence-electron chi connectivity index (χ1n) is 4.47. The second-order valence-corrected chi connectivity index (χ2v) is 3.05. The standard InChI is InChI=1S/C4H5N7O10/c12-2(6-3(13)7-11(20)21)5-1-4(8(14)15,9(16)17)10(18)19/h1H2,(H3,5,6,7,12,13). The average molecular weight is 311 g/mol. The minimum absolute atomic E-state index is 0.949. The molecular weight excluding hydrogens is 306 g/mol. The number of hydrazine groups is 1. The van der Waals surface area contributed by atoms with Gasteiger partial charge in [-0.1, -0.05) is 5.43 Å². The minimum Gasteiger partial charge on any atom is -0.316 e. The maximum Gasteiger partial charge on any atom is 0.717 e. The molecule has 0 radical (unpaired) electrons. The van der Waals surface area contributed by atoms with Gasteiger partial charge in [-0.2, -0.15) is 0 Å². The molecule has 0 saturated carbocycles. The topological polar surface area (TPSA) is 243 Å². The van der Waals surface area contributed by atoms with Crippen molar-refractivity contribution in [2.24, 2.45) is 0 Å². The van der Waals surface area contributed by atoms with Crippen molar-refractivity contribution >= 4 is 12.1 Å². The lowest BCUT2D eigenvalue weighted by atomic mass is 10.4. The van der Waals surface area contributed by atoms with Crippen molar-refractivity contribution in [2.75, 3.05) is 6.54 Å². The minimum atomic E-state index is -3.96. The number of carbonyl (C=O) groups excluding carboxylic acids is 2.